The molecule has 3 rings (SSSR count). The summed E-state index contributed by atoms with van der Waals surface area (Å²) < 4.78 is 0.967. The number of fused-ring (bicyclic) bond motifs is 1. The largest absolute Gasteiger partial charge is 0.324 e. The summed E-state index contributed by atoms with van der Waals surface area (Å²) in [6.45, 7) is -0.251. The third-order valence-corrected chi connectivity index (χ3v) is 4.05. The zero-order valence-electron chi connectivity index (χ0n) is 11.8. The maximum Gasteiger partial charge on any atom is 0.287 e. The highest BCUT2D eigenvalue weighted by Gasteiger charge is 2.11. The van der Waals surface area contributed by atoms with Gasteiger partial charge in [0.05, 0.1) is 11.2 Å². The average Bonchev–Trinajstić information content (AvgIpc) is 2.56. The van der Waals surface area contributed by atoms with E-state index in [9.17, 15) is 9.59 Å². The number of carbonyl (C=O) groups excluding carboxylic acids is 1. The first-order valence-electron chi connectivity index (χ1n) is 6.75. The highest BCUT2D eigenvalue weighted by Crippen LogP contribution is 2.22. The zero-order chi connectivity index (χ0) is 16.4. The summed E-state index contributed by atoms with van der Waals surface area (Å²) in [6.07, 6.45) is 1.23. The third-order valence-electron chi connectivity index (χ3n) is 3.30. The monoisotopic (exact) mass is 347 g/mol. The van der Waals surface area contributed by atoms with Crippen LogP contribution in [0.3, 0.4) is 0 Å². The zero-order valence-corrected chi connectivity index (χ0v) is 13.3. The van der Waals surface area contributed by atoms with Crippen molar-refractivity contribution in [1.29, 1.82) is 0 Å². The maximum absolute atomic E-state index is 12.2. The summed E-state index contributed by atoms with van der Waals surface area (Å²) >= 11 is 11.5. The Hall–Kier alpha value is -2.37. The molecule has 0 fully saturated rings. The highest BCUT2D eigenvalue weighted by atomic mass is 35.5. The molecule has 0 radical (unpaired) electrons. The number of nitrogens with one attached hydrogen (secondary N) is 1. The van der Waals surface area contributed by atoms with Crippen molar-refractivity contribution < 1.29 is 4.79 Å². The molecule has 116 valence electrons. The smallest absolute Gasteiger partial charge is 0.287 e. The molecule has 1 amide bonds. The second kappa shape index (κ2) is 6.40. The average molecular weight is 348 g/mol. The lowest BCUT2D eigenvalue weighted by Gasteiger charge is -2.09. The lowest BCUT2D eigenvalue weighted by atomic mass is 10.1. The second-order valence-corrected chi connectivity index (χ2v) is 5.63. The van der Waals surface area contributed by atoms with Crippen LogP contribution in [-0.4, -0.2) is 15.7 Å². The van der Waals surface area contributed by atoms with Gasteiger partial charge in [0, 0.05) is 11.1 Å². The number of nitrogens with zero attached hydrogens (tertiary/aromatic N) is 2. The van der Waals surface area contributed by atoms with Crippen molar-refractivity contribution in [3.63, 3.8) is 0 Å². The molecule has 5 nitrogen and oxygen atoms in total. The van der Waals surface area contributed by atoms with Crippen LogP contribution in [0.1, 0.15) is 0 Å². The standard InChI is InChI=1S/C16H11Cl2N3O2/c17-12-8-19-21(16(23)15(12)18)9-14(22)20-13-7-3-5-10-4-1-2-6-11(10)13/h1-8H,9H2,(H,20,22). The number of benzene rings is 2. The Morgan fingerprint density at radius 1 is 1.13 bits per heavy atom. The number of aromatic nitrogens is 2. The second-order valence-electron chi connectivity index (χ2n) is 4.84. The molecule has 0 aliphatic heterocycles. The van der Waals surface area contributed by atoms with Crippen LogP contribution in [0.4, 0.5) is 5.69 Å². The molecule has 23 heavy (non-hydrogen) atoms. The van der Waals surface area contributed by atoms with Gasteiger partial charge in [-0.3, -0.25) is 9.59 Å². The van der Waals surface area contributed by atoms with Crippen molar-refractivity contribution in [3.05, 3.63) is 69.1 Å². The maximum atomic E-state index is 12.2. The summed E-state index contributed by atoms with van der Waals surface area (Å²) in [4.78, 5) is 24.1. The number of hydrogen-bond acceptors (Lipinski definition) is 3. The van der Waals surface area contributed by atoms with E-state index in [0.717, 1.165) is 15.5 Å². The number of rotatable bonds is 3. The fourth-order valence-electron chi connectivity index (χ4n) is 2.22. The Labute approximate surface area is 141 Å². The van der Waals surface area contributed by atoms with Crippen LogP contribution in [-0.2, 0) is 11.3 Å². The molecule has 0 aliphatic carbocycles. The molecular formula is C16H11Cl2N3O2. The molecule has 1 heterocycles. The van der Waals surface area contributed by atoms with Crippen LogP contribution in [0.5, 0.6) is 0 Å². The van der Waals surface area contributed by atoms with E-state index in [1.165, 1.54) is 6.20 Å². The molecule has 1 aromatic heterocycles. The first-order chi connectivity index (χ1) is 11.1. The molecule has 0 saturated carbocycles. The normalized spacial score (nSPS) is 10.7. The van der Waals surface area contributed by atoms with E-state index in [2.05, 4.69) is 10.4 Å². The molecule has 7 heteroatoms. The lowest BCUT2D eigenvalue weighted by Crippen LogP contribution is -2.29. The van der Waals surface area contributed by atoms with Crippen LogP contribution < -0.4 is 10.9 Å². The first-order valence-corrected chi connectivity index (χ1v) is 7.50. The number of anilines is 1. The quantitative estimate of drug-likeness (QED) is 0.790. The fourth-order valence-corrected chi connectivity index (χ4v) is 2.49. The fraction of sp³-hybridized carbons (Fsp3) is 0.0625. The van der Waals surface area contributed by atoms with Gasteiger partial charge in [0.1, 0.15) is 11.6 Å². The van der Waals surface area contributed by atoms with Crippen molar-refractivity contribution in [1.82, 2.24) is 9.78 Å². The van der Waals surface area contributed by atoms with Gasteiger partial charge in [0.2, 0.25) is 5.91 Å². The SMILES string of the molecule is O=C(Cn1ncc(Cl)c(Cl)c1=O)Nc1cccc2ccccc12. The molecule has 2 aromatic carbocycles. The minimum Gasteiger partial charge on any atom is -0.324 e. The molecule has 0 unspecified atom stereocenters. The highest BCUT2D eigenvalue weighted by molar-refractivity contribution is 6.41. The number of hydrogen-bond donors (Lipinski definition) is 1. The molecular weight excluding hydrogens is 337 g/mol. The molecule has 0 saturated heterocycles. The van der Waals surface area contributed by atoms with E-state index in [1.54, 1.807) is 6.07 Å². The van der Waals surface area contributed by atoms with Crippen LogP contribution in [0.2, 0.25) is 10.0 Å². The van der Waals surface area contributed by atoms with Crippen LogP contribution >= 0.6 is 23.2 Å². The van der Waals surface area contributed by atoms with Crippen molar-refractivity contribution in [2.45, 2.75) is 6.54 Å². The van der Waals surface area contributed by atoms with Crippen molar-refractivity contribution >= 4 is 45.6 Å². The lowest BCUT2D eigenvalue weighted by molar-refractivity contribution is -0.117. The summed E-state index contributed by atoms with van der Waals surface area (Å²) in [6, 6.07) is 13.3. The van der Waals surface area contributed by atoms with Gasteiger partial charge in [-0.2, -0.15) is 5.10 Å². The van der Waals surface area contributed by atoms with E-state index in [4.69, 9.17) is 23.2 Å². The Bertz CT molecular complexity index is 948. The van der Waals surface area contributed by atoms with Gasteiger partial charge in [-0.25, -0.2) is 4.68 Å². The molecule has 0 atom stereocenters. The van der Waals surface area contributed by atoms with Gasteiger partial charge in [-0.05, 0) is 11.5 Å². The Morgan fingerprint density at radius 2 is 1.87 bits per heavy atom. The van der Waals surface area contributed by atoms with Gasteiger partial charge < -0.3 is 5.32 Å². The van der Waals surface area contributed by atoms with Gasteiger partial charge in [-0.15, -0.1) is 0 Å². The summed E-state index contributed by atoms with van der Waals surface area (Å²) in [5, 5.41) is 8.42. The number of halogens is 2. The molecule has 1 N–H and O–H groups in total. The summed E-state index contributed by atoms with van der Waals surface area (Å²) in [7, 11) is 0. The van der Waals surface area contributed by atoms with Gasteiger partial charge >= 0.3 is 0 Å². The van der Waals surface area contributed by atoms with Crippen molar-refractivity contribution in [2.75, 3.05) is 5.32 Å². The molecule has 0 bridgehead atoms. The van der Waals surface area contributed by atoms with E-state index in [-0.39, 0.29) is 22.5 Å². The van der Waals surface area contributed by atoms with Gasteiger partial charge in [-0.1, -0.05) is 59.6 Å². The van der Waals surface area contributed by atoms with Crippen LogP contribution in [0.25, 0.3) is 10.8 Å². The van der Waals surface area contributed by atoms with Crippen molar-refractivity contribution in [3.8, 4) is 0 Å². The van der Waals surface area contributed by atoms with Crippen LogP contribution in [0, 0.1) is 0 Å². The minimum atomic E-state index is -0.604. The first kappa shape index (κ1) is 15.5. The van der Waals surface area contributed by atoms with Crippen molar-refractivity contribution in [2.24, 2.45) is 0 Å². The predicted molar refractivity (Wildman–Crippen MR) is 91.1 cm³/mol. The molecule has 0 spiro atoms. The minimum absolute atomic E-state index is 0.0578. The summed E-state index contributed by atoms with van der Waals surface area (Å²) in [5.74, 6) is -0.380. The Balaban J connectivity index is 1.85. The summed E-state index contributed by atoms with van der Waals surface area (Å²) in [5.41, 5.74) is 0.0634. The topological polar surface area (TPSA) is 64.0 Å². The van der Waals surface area contributed by atoms with E-state index in [0.29, 0.717) is 5.69 Å². The Kier molecular flexibility index (Phi) is 4.32. The third kappa shape index (κ3) is 3.21. The van der Waals surface area contributed by atoms with E-state index < -0.39 is 5.56 Å². The Morgan fingerprint density at radius 3 is 2.70 bits per heavy atom. The van der Waals surface area contributed by atoms with Gasteiger partial charge in [0.25, 0.3) is 5.56 Å². The van der Waals surface area contributed by atoms with Crippen LogP contribution in [0.15, 0.2) is 53.5 Å². The number of carbonyl (C=O) groups is 1. The molecule has 3 aromatic rings. The number of amides is 1. The molecule has 0 aliphatic rings. The van der Waals surface area contributed by atoms with E-state index in [1.807, 2.05) is 36.4 Å². The van der Waals surface area contributed by atoms with Gasteiger partial charge in [0.15, 0.2) is 0 Å². The predicted octanol–water partition coefficient (Wildman–Crippen LogP) is 3.34. The van der Waals surface area contributed by atoms with E-state index >= 15 is 0 Å².